The molecule has 0 aliphatic carbocycles. The molecule has 1 atom stereocenters. The molecule has 180 valence electrons. The minimum Gasteiger partial charge on any atom is -0.508 e. The lowest BCUT2D eigenvalue weighted by Gasteiger charge is -2.20. The van der Waals surface area contributed by atoms with Crippen molar-refractivity contribution in [3.63, 3.8) is 0 Å². The van der Waals surface area contributed by atoms with Gasteiger partial charge in [-0.15, -0.1) is 0 Å². The fourth-order valence-corrected chi connectivity index (χ4v) is 4.61. The van der Waals surface area contributed by atoms with Gasteiger partial charge in [-0.2, -0.15) is 13.2 Å². The molecule has 0 saturated heterocycles. The molecule has 11 heteroatoms. The van der Waals surface area contributed by atoms with Gasteiger partial charge in [-0.05, 0) is 43.5 Å². The number of hydrogen-bond donors (Lipinski definition) is 2. The predicted octanol–water partition coefficient (Wildman–Crippen LogP) is 4.51. The number of sulfonamides is 1. The normalized spacial score (nSPS) is 13.0. The van der Waals surface area contributed by atoms with Crippen LogP contribution >= 0.6 is 0 Å². The number of ketones is 1. The van der Waals surface area contributed by atoms with Gasteiger partial charge < -0.3 is 9.84 Å². The van der Waals surface area contributed by atoms with Gasteiger partial charge in [0.2, 0.25) is 0 Å². The van der Waals surface area contributed by atoms with Crippen molar-refractivity contribution in [1.29, 1.82) is 0 Å². The van der Waals surface area contributed by atoms with Gasteiger partial charge in [0, 0.05) is 16.6 Å². The van der Waals surface area contributed by atoms with Crippen LogP contribution in [0.5, 0.6) is 5.75 Å². The maximum Gasteiger partial charge on any atom is 0.451 e. The summed E-state index contributed by atoms with van der Waals surface area (Å²) in [4.78, 5) is 24.3. The number of esters is 1. The number of Topliss-reactive ketones (excluding diaryl/α,β-unsaturated/α-hetero) is 1. The molecule has 0 heterocycles. The van der Waals surface area contributed by atoms with Gasteiger partial charge in [-0.3, -0.25) is 14.3 Å². The molecule has 0 spiro atoms. The number of fused-ring (bicyclic) bond motifs is 1. The summed E-state index contributed by atoms with van der Waals surface area (Å²) < 4.78 is 72.7. The van der Waals surface area contributed by atoms with Gasteiger partial charge in [0.15, 0.2) is 5.92 Å². The second-order valence-electron chi connectivity index (χ2n) is 7.64. The van der Waals surface area contributed by atoms with E-state index >= 15 is 0 Å². The molecule has 0 aromatic heterocycles. The maximum absolute atomic E-state index is 13.2. The Morgan fingerprint density at radius 2 is 1.65 bits per heavy atom. The molecule has 0 bridgehead atoms. The molecule has 3 aromatic rings. The molecule has 7 nitrogen and oxygen atoms in total. The van der Waals surface area contributed by atoms with Crippen LogP contribution in [0.4, 0.5) is 18.9 Å². The number of phenolic OH excluding ortho intramolecular Hbond substituents is 1. The van der Waals surface area contributed by atoms with Crippen LogP contribution < -0.4 is 4.72 Å². The fourth-order valence-electron chi connectivity index (χ4n) is 3.33. The Morgan fingerprint density at radius 1 is 1.00 bits per heavy atom. The molecular weight excluding hydrogens is 475 g/mol. The van der Waals surface area contributed by atoms with Crippen LogP contribution in [0.2, 0.25) is 0 Å². The fraction of sp³-hybridized carbons (Fsp3) is 0.217. The van der Waals surface area contributed by atoms with E-state index < -0.39 is 51.3 Å². The quantitative estimate of drug-likeness (QED) is 0.284. The van der Waals surface area contributed by atoms with Crippen molar-refractivity contribution in [2.45, 2.75) is 36.9 Å². The number of nitrogens with one attached hydrogen (secondary N) is 1. The van der Waals surface area contributed by atoms with Crippen molar-refractivity contribution < 1.29 is 41.0 Å². The van der Waals surface area contributed by atoms with Gasteiger partial charge in [0.25, 0.3) is 15.8 Å². The van der Waals surface area contributed by atoms with Gasteiger partial charge in [-0.25, -0.2) is 8.42 Å². The lowest BCUT2D eigenvalue weighted by molar-refractivity contribution is -0.178. The summed E-state index contributed by atoms with van der Waals surface area (Å²) in [6, 6.07) is 14.0. The Hall–Kier alpha value is -3.60. The molecule has 2 N–H and O–H groups in total. The Kier molecular flexibility index (Phi) is 6.87. The lowest BCUT2D eigenvalue weighted by Crippen LogP contribution is -2.35. The Morgan fingerprint density at radius 3 is 2.29 bits per heavy atom. The average molecular weight is 495 g/mol. The lowest BCUT2D eigenvalue weighted by atomic mass is 9.93. The summed E-state index contributed by atoms with van der Waals surface area (Å²) in [6.07, 6.45) is -6.25. The second kappa shape index (κ2) is 9.34. The molecule has 0 aliphatic heterocycles. The second-order valence-corrected chi connectivity index (χ2v) is 9.29. The number of phenols is 1. The zero-order chi connectivity index (χ0) is 25.3. The number of rotatable bonds is 7. The van der Waals surface area contributed by atoms with Crippen molar-refractivity contribution in [3.05, 3.63) is 66.2 Å². The highest BCUT2D eigenvalue weighted by atomic mass is 32.2. The smallest absolute Gasteiger partial charge is 0.451 e. The van der Waals surface area contributed by atoms with Gasteiger partial charge in [0.05, 0.1) is 11.0 Å². The van der Waals surface area contributed by atoms with Crippen LogP contribution in [-0.2, 0) is 24.3 Å². The number of hydrogen-bond acceptors (Lipinski definition) is 6. The monoisotopic (exact) mass is 495 g/mol. The van der Waals surface area contributed by atoms with Crippen molar-refractivity contribution in [1.82, 2.24) is 0 Å². The third kappa shape index (κ3) is 5.30. The minimum atomic E-state index is -5.41. The van der Waals surface area contributed by atoms with E-state index in [1.165, 1.54) is 26.0 Å². The largest absolute Gasteiger partial charge is 0.508 e. The first-order valence-corrected chi connectivity index (χ1v) is 11.4. The van der Waals surface area contributed by atoms with Crippen LogP contribution in [0.25, 0.3) is 10.8 Å². The summed E-state index contributed by atoms with van der Waals surface area (Å²) >= 11 is 0. The Balaban J connectivity index is 2.06. The van der Waals surface area contributed by atoms with Gasteiger partial charge in [0.1, 0.15) is 5.75 Å². The molecule has 3 aromatic carbocycles. The van der Waals surface area contributed by atoms with E-state index in [1.807, 2.05) is 0 Å². The highest BCUT2D eigenvalue weighted by molar-refractivity contribution is 7.93. The van der Waals surface area contributed by atoms with E-state index in [9.17, 15) is 36.3 Å². The minimum absolute atomic E-state index is 0.0950. The van der Waals surface area contributed by atoms with Crippen LogP contribution in [0.1, 0.15) is 25.3 Å². The number of carbonyl (C=O) groups is 2. The summed E-state index contributed by atoms with van der Waals surface area (Å²) in [7, 11) is -4.24. The molecule has 34 heavy (non-hydrogen) atoms. The third-order valence-electron chi connectivity index (χ3n) is 4.76. The van der Waals surface area contributed by atoms with Gasteiger partial charge in [-0.1, -0.05) is 36.4 Å². The highest BCUT2D eigenvalue weighted by Gasteiger charge is 2.48. The maximum atomic E-state index is 13.2. The predicted molar refractivity (Wildman–Crippen MR) is 118 cm³/mol. The first kappa shape index (κ1) is 25.0. The molecule has 0 aliphatic rings. The van der Waals surface area contributed by atoms with E-state index in [0.29, 0.717) is 10.8 Å². The molecule has 0 amide bonds. The number of benzene rings is 3. The van der Waals surface area contributed by atoms with Crippen LogP contribution in [-0.4, -0.2) is 37.6 Å². The van der Waals surface area contributed by atoms with E-state index in [-0.39, 0.29) is 10.6 Å². The molecule has 0 radical (unpaired) electrons. The van der Waals surface area contributed by atoms with E-state index in [4.69, 9.17) is 4.74 Å². The first-order valence-electron chi connectivity index (χ1n) is 9.96. The van der Waals surface area contributed by atoms with Crippen molar-refractivity contribution in [2.24, 2.45) is 0 Å². The number of halogens is 3. The van der Waals surface area contributed by atoms with E-state index in [2.05, 4.69) is 4.72 Å². The Labute approximate surface area is 193 Å². The average Bonchev–Trinajstić information content (AvgIpc) is 2.74. The number of ether oxygens (including phenoxy) is 1. The van der Waals surface area contributed by atoms with Crippen molar-refractivity contribution in [2.75, 3.05) is 4.72 Å². The Bertz CT molecular complexity index is 1350. The molecule has 3 rings (SSSR count). The zero-order valence-corrected chi connectivity index (χ0v) is 18.8. The van der Waals surface area contributed by atoms with Gasteiger partial charge >= 0.3 is 12.1 Å². The van der Waals surface area contributed by atoms with E-state index in [1.54, 1.807) is 30.3 Å². The number of carbonyl (C=O) groups excluding carboxylic acids is 2. The number of anilines is 1. The van der Waals surface area contributed by atoms with Crippen molar-refractivity contribution in [3.8, 4) is 5.75 Å². The topological polar surface area (TPSA) is 110 Å². The standard InChI is InChI=1S/C23H20F3NO6S/c1-13(2)33-22(30)20(21(29)23(24,25)26)17-12-15(10-11-18(17)28)27-34(31,32)19-9-5-7-14-6-3-4-8-16(14)19/h3-13,20,27-28H,1-2H3. The first-order chi connectivity index (χ1) is 15.8. The SMILES string of the molecule is CC(C)OC(=O)C(C(=O)C(F)(F)F)c1cc(NS(=O)(=O)c2cccc3ccccc23)ccc1O. The summed E-state index contributed by atoms with van der Waals surface area (Å²) in [5.74, 6) is -7.33. The van der Waals surface area contributed by atoms with Crippen LogP contribution in [0, 0.1) is 0 Å². The summed E-state index contributed by atoms with van der Waals surface area (Å²) in [6.45, 7) is 2.75. The molecule has 0 fully saturated rings. The molecular formula is C23H20F3NO6S. The zero-order valence-electron chi connectivity index (χ0n) is 18.0. The third-order valence-corrected chi connectivity index (χ3v) is 6.20. The highest BCUT2D eigenvalue weighted by Crippen LogP contribution is 2.36. The summed E-state index contributed by atoms with van der Waals surface area (Å²) in [5, 5.41) is 11.2. The van der Waals surface area contributed by atoms with E-state index in [0.717, 1.165) is 18.2 Å². The molecule has 0 saturated carbocycles. The number of aromatic hydroxyl groups is 1. The number of alkyl halides is 3. The van der Waals surface area contributed by atoms with Crippen molar-refractivity contribution >= 4 is 38.2 Å². The molecule has 1 unspecified atom stereocenters. The summed E-state index contributed by atoms with van der Waals surface area (Å²) in [5.41, 5.74) is -1.01. The van der Waals surface area contributed by atoms with Crippen LogP contribution in [0.15, 0.2) is 65.6 Å². The van der Waals surface area contributed by atoms with Crippen LogP contribution in [0.3, 0.4) is 0 Å².